The van der Waals surface area contributed by atoms with Gasteiger partial charge in [-0.25, -0.2) is 0 Å². The van der Waals surface area contributed by atoms with Gasteiger partial charge in [-0.3, -0.25) is 0 Å². The van der Waals surface area contributed by atoms with Gasteiger partial charge in [0.25, 0.3) is 0 Å². The maximum Gasteiger partial charge on any atom is 0.128 e. The summed E-state index contributed by atoms with van der Waals surface area (Å²) in [4.78, 5) is 0. The molecule has 5 rings (SSSR count). The highest BCUT2D eigenvalue weighted by Crippen LogP contribution is 2.45. The zero-order valence-corrected chi connectivity index (χ0v) is 17.8. The molecule has 0 atom stereocenters. The standard InChI is InChI=1S/C27H19BrO2/c28-21-13-9-18(10-14-21)17-30-25-16-12-20-6-2-4-8-23(20)27(25)26-22-7-3-1-5-19(22)11-15-24(26)29/h1-16,29H,17H2. The highest BCUT2D eigenvalue weighted by atomic mass is 79.9. The average molecular weight is 455 g/mol. The molecule has 30 heavy (non-hydrogen) atoms. The van der Waals surface area contributed by atoms with Crippen LogP contribution in [0.1, 0.15) is 5.56 Å². The van der Waals surface area contributed by atoms with Crippen molar-refractivity contribution in [1.82, 2.24) is 0 Å². The van der Waals surface area contributed by atoms with Crippen molar-refractivity contribution < 1.29 is 9.84 Å². The number of phenols is 1. The summed E-state index contributed by atoms with van der Waals surface area (Å²) in [6.45, 7) is 0.449. The molecule has 0 saturated carbocycles. The summed E-state index contributed by atoms with van der Waals surface area (Å²) >= 11 is 3.47. The molecule has 0 aliphatic carbocycles. The summed E-state index contributed by atoms with van der Waals surface area (Å²) in [6, 6.07) is 32.2. The van der Waals surface area contributed by atoms with Crippen molar-refractivity contribution in [2.24, 2.45) is 0 Å². The van der Waals surface area contributed by atoms with Crippen LogP contribution in [-0.2, 0) is 6.61 Å². The molecule has 0 aromatic heterocycles. The van der Waals surface area contributed by atoms with E-state index in [0.717, 1.165) is 48.5 Å². The predicted octanol–water partition coefficient (Wildman–Crippen LogP) is 7.71. The predicted molar refractivity (Wildman–Crippen MR) is 127 cm³/mol. The lowest BCUT2D eigenvalue weighted by Gasteiger charge is -2.17. The molecular weight excluding hydrogens is 436 g/mol. The van der Waals surface area contributed by atoms with Crippen LogP contribution < -0.4 is 4.74 Å². The maximum atomic E-state index is 10.9. The first-order valence-electron chi connectivity index (χ1n) is 9.81. The van der Waals surface area contributed by atoms with Crippen LogP contribution in [0, 0.1) is 0 Å². The van der Waals surface area contributed by atoms with Gasteiger partial charge in [0.05, 0.1) is 0 Å². The number of hydrogen-bond acceptors (Lipinski definition) is 2. The maximum absolute atomic E-state index is 10.9. The van der Waals surface area contributed by atoms with Crippen LogP contribution in [0.4, 0.5) is 0 Å². The summed E-state index contributed by atoms with van der Waals surface area (Å²) in [7, 11) is 0. The van der Waals surface area contributed by atoms with Gasteiger partial charge in [0.2, 0.25) is 0 Å². The molecule has 0 bridgehead atoms. The van der Waals surface area contributed by atoms with Gasteiger partial charge in [-0.05, 0) is 51.4 Å². The van der Waals surface area contributed by atoms with E-state index in [4.69, 9.17) is 4.74 Å². The van der Waals surface area contributed by atoms with Crippen LogP contribution in [0.25, 0.3) is 32.7 Å². The van der Waals surface area contributed by atoms with Crippen molar-refractivity contribution in [3.05, 3.63) is 107 Å². The van der Waals surface area contributed by atoms with E-state index in [-0.39, 0.29) is 5.75 Å². The van der Waals surface area contributed by atoms with Crippen molar-refractivity contribution >= 4 is 37.5 Å². The van der Waals surface area contributed by atoms with E-state index in [1.54, 1.807) is 6.07 Å². The fourth-order valence-corrected chi connectivity index (χ4v) is 4.16. The van der Waals surface area contributed by atoms with Gasteiger partial charge in [0.1, 0.15) is 18.1 Å². The average Bonchev–Trinajstić information content (AvgIpc) is 2.79. The highest BCUT2D eigenvalue weighted by molar-refractivity contribution is 9.10. The Morgan fingerprint density at radius 3 is 1.93 bits per heavy atom. The Labute approximate surface area is 183 Å². The zero-order chi connectivity index (χ0) is 20.5. The zero-order valence-electron chi connectivity index (χ0n) is 16.2. The van der Waals surface area contributed by atoms with E-state index >= 15 is 0 Å². The third-order valence-corrected chi connectivity index (χ3v) is 5.88. The number of phenolic OH excluding ortho intramolecular Hbond substituents is 1. The summed E-state index contributed by atoms with van der Waals surface area (Å²) in [5.41, 5.74) is 2.80. The Balaban J connectivity index is 1.71. The van der Waals surface area contributed by atoms with Crippen LogP contribution in [0.3, 0.4) is 0 Å². The topological polar surface area (TPSA) is 29.5 Å². The fraction of sp³-hybridized carbons (Fsp3) is 0.0370. The Morgan fingerprint density at radius 1 is 0.633 bits per heavy atom. The molecule has 1 N–H and O–H groups in total. The number of benzene rings is 5. The summed E-state index contributed by atoms with van der Waals surface area (Å²) in [5.74, 6) is 1.00. The van der Waals surface area contributed by atoms with Gasteiger partial charge < -0.3 is 9.84 Å². The second kappa shape index (κ2) is 7.85. The fourth-order valence-electron chi connectivity index (χ4n) is 3.89. The minimum atomic E-state index is 0.249. The van der Waals surface area contributed by atoms with Gasteiger partial charge in [0, 0.05) is 15.6 Å². The van der Waals surface area contributed by atoms with Gasteiger partial charge in [-0.1, -0.05) is 88.7 Å². The van der Waals surface area contributed by atoms with Crippen LogP contribution in [-0.4, -0.2) is 5.11 Å². The molecule has 0 saturated heterocycles. The second-order valence-corrected chi connectivity index (χ2v) is 8.17. The first-order chi connectivity index (χ1) is 14.7. The molecule has 5 aromatic carbocycles. The normalized spacial score (nSPS) is 11.1. The molecule has 0 aliphatic heterocycles. The van der Waals surface area contributed by atoms with E-state index < -0.39 is 0 Å². The quantitative estimate of drug-likeness (QED) is 0.301. The number of ether oxygens (including phenoxy) is 1. The van der Waals surface area contributed by atoms with E-state index in [0.29, 0.717) is 6.61 Å². The van der Waals surface area contributed by atoms with E-state index in [1.165, 1.54) is 0 Å². The molecule has 0 radical (unpaired) electrons. The SMILES string of the molecule is Oc1ccc2ccccc2c1-c1c(OCc2ccc(Br)cc2)ccc2ccccc12. The van der Waals surface area contributed by atoms with Crippen LogP contribution in [0.2, 0.25) is 0 Å². The number of rotatable bonds is 4. The van der Waals surface area contributed by atoms with Crippen LogP contribution in [0.15, 0.2) is 102 Å². The van der Waals surface area contributed by atoms with E-state index in [1.807, 2.05) is 66.7 Å². The van der Waals surface area contributed by atoms with Crippen molar-refractivity contribution in [3.8, 4) is 22.6 Å². The molecule has 146 valence electrons. The van der Waals surface area contributed by atoms with Gasteiger partial charge in [-0.15, -0.1) is 0 Å². The van der Waals surface area contributed by atoms with Gasteiger partial charge in [0.15, 0.2) is 0 Å². The summed E-state index contributed by atoms with van der Waals surface area (Å²) in [5, 5.41) is 15.1. The van der Waals surface area contributed by atoms with Crippen molar-refractivity contribution in [1.29, 1.82) is 0 Å². The van der Waals surface area contributed by atoms with Crippen molar-refractivity contribution in [2.45, 2.75) is 6.61 Å². The van der Waals surface area contributed by atoms with Crippen LogP contribution >= 0.6 is 15.9 Å². The third-order valence-electron chi connectivity index (χ3n) is 5.36. The largest absolute Gasteiger partial charge is 0.507 e. The lowest BCUT2D eigenvalue weighted by atomic mass is 9.92. The lowest BCUT2D eigenvalue weighted by molar-refractivity contribution is 0.308. The molecule has 5 aromatic rings. The Hall–Kier alpha value is -3.30. The molecule has 0 spiro atoms. The molecule has 2 nitrogen and oxygen atoms in total. The van der Waals surface area contributed by atoms with Gasteiger partial charge in [-0.2, -0.15) is 0 Å². The molecule has 0 heterocycles. The lowest BCUT2D eigenvalue weighted by Crippen LogP contribution is -1.98. The van der Waals surface area contributed by atoms with Crippen molar-refractivity contribution in [3.63, 3.8) is 0 Å². The highest BCUT2D eigenvalue weighted by Gasteiger charge is 2.17. The Morgan fingerprint density at radius 2 is 1.23 bits per heavy atom. The number of aromatic hydroxyl groups is 1. The smallest absolute Gasteiger partial charge is 0.128 e. The minimum Gasteiger partial charge on any atom is -0.507 e. The monoisotopic (exact) mass is 454 g/mol. The van der Waals surface area contributed by atoms with E-state index in [9.17, 15) is 5.11 Å². The van der Waals surface area contributed by atoms with Crippen molar-refractivity contribution in [2.75, 3.05) is 0 Å². The van der Waals surface area contributed by atoms with Gasteiger partial charge >= 0.3 is 0 Å². The number of hydrogen-bond donors (Lipinski definition) is 1. The minimum absolute atomic E-state index is 0.249. The first kappa shape index (κ1) is 18.7. The third kappa shape index (κ3) is 3.42. The first-order valence-corrected chi connectivity index (χ1v) is 10.6. The molecule has 0 fully saturated rings. The Kier molecular flexibility index (Phi) is 4.89. The molecule has 0 amide bonds. The molecule has 3 heteroatoms. The van der Waals surface area contributed by atoms with Crippen LogP contribution in [0.5, 0.6) is 11.5 Å². The molecule has 0 unspecified atom stereocenters. The summed E-state index contributed by atoms with van der Waals surface area (Å²) < 4.78 is 7.34. The number of halogens is 1. The summed E-state index contributed by atoms with van der Waals surface area (Å²) in [6.07, 6.45) is 0. The number of fused-ring (bicyclic) bond motifs is 2. The van der Waals surface area contributed by atoms with E-state index in [2.05, 4.69) is 40.2 Å². The second-order valence-electron chi connectivity index (χ2n) is 7.26. The molecule has 0 aliphatic rings. The molecular formula is C27H19BrO2. The Bertz CT molecular complexity index is 1360.